The minimum atomic E-state index is 0.161. The van der Waals surface area contributed by atoms with E-state index in [2.05, 4.69) is 15.9 Å². The number of nitrogens with two attached hydrogens (primary N) is 2. The maximum Gasteiger partial charge on any atom is 0.221 e. The normalized spacial score (nSPS) is 9.69. The predicted molar refractivity (Wildman–Crippen MR) is 64.2 cm³/mol. The smallest absolute Gasteiger partial charge is 0.221 e. The van der Waals surface area contributed by atoms with Crippen molar-refractivity contribution in [2.45, 2.75) is 0 Å². The Labute approximate surface area is 93.3 Å². The van der Waals surface area contributed by atoms with Crippen molar-refractivity contribution in [1.29, 1.82) is 0 Å². The lowest BCUT2D eigenvalue weighted by Gasteiger charge is -2.05. The number of aromatic nitrogens is 2. The average Bonchev–Trinajstić information content (AvgIpc) is 2.29. The van der Waals surface area contributed by atoms with Crippen molar-refractivity contribution in [3.8, 4) is 23.5 Å². The fourth-order valence-corrected chi connectivity index (χ4v) is 1.41. The van der Waals surface area contributed by atoms with E-state index in [9.17, 15) is 0 Å². The summed E-state index contributed by atoms with van der Waals surface area (Å²) in [6, 6.07) is 7.45. The molecule has 2 rings (SSSR count). The number of hydrogen-bond donors (Lipinski definition) is 2. The van der Waals surface area contributed by atoms with E-state index in [1.165, 1.54) is 0 Å². The molecule has 2 aromatic rings. The predicted octanol–water partition coefficient (Wildman–Crippen LogP) is 1.29. The van der Waals surface area contributed by atoms with Crippen LogP contribution in [0.5, 0.6) is 0 Å². The van der Waals surface area contributed by atoms with Crippen molar-refractivity contribution in [2.24, 2.45) is 0 Å². The van der Waals surface area contributed by atoms with E-state index in [1.54, 1.807) is 6.20 Å². The Morgan fingerprint density at radius 3 is 2.75 bits per heavy atom. The van der Waals surface area contributed by atoms with E-state index in [0.29, 0.717) is 5.82 Å². The van der Waals surface area contributed by atoms with Gasteiger partial charge in [-0.15, -0.1) is 6.42 Å². The summed E-state index contributed by atoms with van der Waals surface area (Å²) in [5.41, 5.74) is 13.6. The van der Waals surface area contributed by atoms with Gasteiger partial charge in [0.1, 0.15) is 5.82 Å². The highest BCUT2D eigenvalue weighted by Crippen LogP contribution is 2.24. The molecule has 4 nitrogen and oxygen atoms in total. The summed E-state index contributed by atoms with van der Waals surface area (Å²) in [5, 5.41) is 0. The molecule has 0 aliphatic rings. The third kappa shape index (κ3) is 1.79. The second-order valence-corrected chi connectivity index (χ2v) is 3.25. The maximum absolute atomic E-state index is 5.76. The van der Waals surface area contributed by atoms with Gasteiger partial charge in [0, 0.05) is 17.3 Å². The minimum absolute atomic E-state index is 0.161. The molecule has 0 aliphatic heterocycles. The van der Waals surface area contributed by atoms with E-state index in [0.717, 1.165) is 16.7 Å². The van der Waals surface area contributed by atoms with Crippen molar-refractivity contribution >= 4 is 11.8 Å². The number of nitrogen functional groups attached to an aromatic ring is 2. The van der Waals surface area contributed by atoms with Gasteiger partial charge in [0.15, 0.2) is 0 Å². The Hall–Kier alpha value is -2.54. The fraction of sp³-hybridized carbons (Fsp3) is 0. The Kier molecular flexibility index (Phi) is 2.44. The van der Waals surface area contributed by atoms with Crippen LogP contribution in [0.3, 0.4) is 0 Å². The zero-order chi connectivity index (χ0) is 11.5. The molecule has 0 unspecified atom stereocenters. The molecule has 0 saturated carbocycles. The molecule has 0 aliphatic carbocycles. The lowest BCUT2D eigenvalue weighted by molar-refractivity contribution is 1.20. The third-order valence-electron chi connectivity index (χ3n) is 2.18. The average molecular weight is 210 g/mol. The molecular formula is C12H10N4. The second-order valence-electron chi connectivity index (χ2n) is 3.25. The zero-order valence-corrected chi connectivity index (χ0v) is 8.51. The molecule has 1 aromatic carbocycles. The van der Waals surface area contributed by atoms with Gasteiger partial charge in [-0.25, -0.2) is 4.98 Å². The molecule has 0 fully saturated rings. The first kappa shape index (κ1) is 9.99. The molecule has 4 N–H and O–H groups in total. The Morgan fingerprint density at radius 2 is 2.06 bits per heavy atom. The summed E-state index contributed by atoms with van der Waals surface area (Å²) in [5.74, 6) is 3.07. The number of terminal acetylenes is 1. The molecule has 1 aromatic heterocycles. The van der Waals surface area contributed by atoms with Gasteiger partial charge in [-0.3, -0.25) is 0 Å². The lowest BCUT2D eigenvalue weighted by Crippen LogP contribution is -2.00. The van der Waals surface area contributed by atoms with Gasteiger partial charge in [0.05, 0.1) is 0 Å². The maximum atomic E-state index is 5.76. The second kappa shape index (κ2) is 3.91. The molecule has 0 amide bonds. The number of anilines is 2. The first-order valence-electron chi connectivity index (χ1n) is 4.66. The number of rotatable bonds is 1. The zero-order valence-electron chi connectivity index (χ0n) is 8.51. The van der Waals surface area contributed by atoms with Gasteiger partial charge in [-0.1, -0.05) is 18.1 Å². The summed E-state index contributed by atoms with van der Waals surface area (Å²) in [6.07, 6.45) is 6.92. The van der Waals surface area contributed by atoms with Crippen LogP contribution >= 0.6 is 0 Å². The summed E-state index contributed by atoms with van der Waals surface area (Å²) in [4.78, 5) is 7.81. The van der Waals surface area contributed by atoms with Crippen LogP contribution in [0.15, 0.2) is 30.5 Å². The van der Waals surface area contributed by atoms with Crippen molar-refractivity contribution in [1.82, 2.24) is 9.97 Å². The largest absolute Gasteiger partial charge is 0.383 e. The SMILES string of the molecule is C#Cc1cccc(-c2cnc(N)nc2N)c1. The summed E-state index contributed by atoms with van der Waals surface area (Å²) in [6.45, 7) is 0. The highest BCUT2D eigenvalue weighted by molar-refractivity contribution is 5.74. The van der Waals surface area contributed by atoms with Crippen molar-refractivity contribution in [2.75, 3.05) is 11.5 Å². The molecule has 78 valence electrons. The topological polar surface area (TPSA) is 77.8 Å². The Balaban J connectivity index is 2.55. The minimum Gasteiger partial charge on any atom is -0.383 e. The molecular weight excluding hydrogens is 200 g/mol. The monoisotopic (exact) mass is 210 g/mol. The standard InChI is InChI=1S/C12H10N4/c1-2-8-4-3-5-9(6-8)10-7-15-12(14)16-11(10)13/h1,3-7H,(H4,13,14,15,16). The van der Waals surface area contributed by atoms with Crippen molar-refractivity contribution in [3.63, 3.8) is 0 Å². The van der Waals surface area contributed by atoms with E-state index in [4.69, 9.17) is 17.9 Å². The van der Waals surface area contributed by atoms with E-state index in [1.807, 2.05) is 24.3 Å². The van der Waals surface area contributed by atoms with Crippen LogP contribution in [0.4, 0.5) is 11.8 Å². The van der Waals surface area contributed by atoms with E-state index < -0.39 is 0 Å². The van der Waals surface area contributed by atoms with Crippen molar-refractivity contribution in [3.05, 3.63) is 36.0 Å². The van der Waals surface area contributed by atoms with Crippen LogP contribution in [-0.2, 0) is 0 Å². The lowest BCUT2D eigenvalue weighted by atomic mass is 10.1. The first-order valence-corrected chi connectivity index (χ1v) is 4.66. The first-order chi connectivity index (χ1) is 7.70. The van der Waals surface area contributed by atoms with Crippen LogP contribution in [0.1, 0.15) is 5.56 Å². The molecule has 0 bridgehead atoms. The van der Waals surface area contributed by atoms with Gasteiger partial charge >= 0.3 is 0 Å². The van der Waals surface area contributed by atoms with Gasteiger partial charge in [0.25, 0.3) is 0 Å². The van der Waals surface area contributed by atoms with Crippen molar-refractivity contribution < 1.29 is 0 Å². The molecule has 0 saturated heterocycles. The molecule has 4 heteroatoms. The molecule has 0 spiro atoms. The highest BCUT2D eigenvalue weighted by atomic mass is 15.0. The van der Waals surface area contributed by atoms with Gasteiger partial charge in [0.2, 0.25) is 5.95 Å². The Bertz CT molecular complexity index is 569. The fourth-order valence-electron chi connectivity index (χ4n) is 1.41. The quantitative estimate of drug-likeness (QED) is 0.695. The summed E-state index contributed by atoms with van der Waals surface area (Å²) in [7, 11) is 0. The van der Waals surface area contributed by atoms with Crippen LogP contribution < -0.4 is 11.5 Å². The van der Waals surface area contributed by atoms with E-state index >= 15 is 0 Å². The van der Waals surface area contributed by atoms with Gasteiger partial charge in [-0.05, 0) is 17.7 Å². The number of benzene rings is 1. The van der Waals surface area contributed by atoms with E-state index in [-0.39, 0.29) is 5.95 Å². The van der Waals surface area contributed by atoms with Crippen LogP contribution in [0.2, 0.25) is 0 Å². The summed E-state index contributed by atoms with van der Waals surface area (Å²) < 4.78 is 0. The molecule has 0 radical (unpaired) electrons. The number of nitrogens with zero attached hydrogens (tertiary/aromatic N) is 2. The van der Waals surface area contributed by atoms with Gasteiger partial charge in [-0.2, -0.15) is 4.98 Å². The highest BCUT2D eigenvalue weighted by Gasteiger charge is 2.05. The van der Waals surface area contributed by atoms with Gasteiger partial charge < -0.3 is 11.5 Å². The third-order valence-corrected chi connectivity index (χ3v) is 2.18. The van der Waals surface area contributed by atoms with Crippen LogP contribution in [0.25, 0.3) is 11.1 Å². The molecule has 16 heavy (non-hydrogen) atoms. The van der Waals surface area contributed by atoms with Crippen LogP contribution in [-0.4, -0.2) is 9.97 Å². The number of hydrogen-bond acceptors (Lipinski definition) is 4. The Morgan fingerprint density at radius 1 is 1.25 bits per heavy atom. The summed E-state index contributed by atoms with van der Waals surface area (Å²) >= 11 is 0. The molecule has 1 heterocycles. The molecule has 0 atom stereocenters. The van der Waals surface area contributed by atoms with Crippen LogP contribution in [0, 0.1) is 12.3 Å².